The van der Waals surface area contributed by atoms with Crippen LogP contribution >= 0.6 is 0 Å². The number of rotatable bonds is 4. The first kappa shape index (κ1) is 9.30. The highest BCUT2D eigenvalue weighted by Crippen LogP contribution is 2.02. The second-order valence-electron chi connectivity index (χ2n) is 3.77. The first-order valence-electron chi connectivity index (χ1n) is 4.73. The van der Waals surface area contributed by atoms with Crippen LogP contribution in [0.1, 0.15) is 32.5 Å². The Morgan fingerprint density at radius 1 is 1.50 bits per heavy atom. The van der Waals surface area contributed by atoms with Gasteiger partial charge in [0.2, 0.25) is 0 Å². The Morgan fingerprint density at radius 2 is 2.25 bits per heavy atom. The molecule has 0 unspecified atom stereocenters. The molecule has 1 rings (SSSR count). The molecule has 2 nitrogen and oxygen atoms in total. The van der Waals surface area contributed by atoms with Gasteiger partial charge < -0.3 is 0 Å². The number of imidazole rings is 1. The third-order valence-electron chi connectivity index (χ3n) is 2.16. The van der Waals surface area contributed by atoms with Gasteiger partial charge in [-0.3, -0.25) is 0 Å². The number of hydrogen-bond acceptors (Lipinski definition) is 0. The molecule has 1 aromatic rings. The fraction of sp³-hybridized carbons (Fsp3) is 0.700. The number of nitrogens with zero attached hydrogens (tertiary/aromatic N) is 1. The molecular formula is C10H19N2+. The number of aromatic amines is 1. The number of aryl methyl sites for hydroxylation is 2. The van der Waals surface area contributed by atoms with E-state index in [0.29, 0.717) is 0 Å². The molecule has 0 aliphatic carbocycles. The predicted octanol–water partition coefficient (Wildman–Crippen LogP) is 2.05. The number of aromatic nitrogens is 2. The van der Waals surface area contributed by atoms with Crippen LogP contribution in [0.15, 0.2) is 12.4 Å². The Morgan fingerprint density at radius 3 is 2.75 bits per heavy atom. The molecule has 0 aromatic carbocycles. The molecule has 0 aliphatic rings. The third-order valence-corrected chi connectivity index (χ3v) is 2.16. The van der Waals surface area contributed by atoms with Crippen LogP contribution in [-0.4, -0.2) is 4.98 Å². The molecule has 1 aromatic heterocycles. The fourth-order valence-corrected chi connectivity index (χ4v) is 1.35. The Bertz CT molecular complexity index is 225. The van der Waals surface area contributed by atoms with Crippen LogP contribution in [0.2, 0.25) is 0 Å². The van der Waals surface area contributed by atoms with E-state index in [2.05, 4.69) is 36.5 Å². The zero-order valence-electron chi connectivity index (χ0n) is 8.30. The highest BCUT2D eigenvalue weighted by atomic mass is 15.0. The minimum absolute atomic E-state index is 0.824. The van der Waals surface area contributed by atoms with Gasteiger partial charge in [0.15, 0.2) is 0 Å². The molecule has 2 heteroatoms. The van der Waals surface area contributed by atoms with Crippen LogP contribution in [0.5, 0.6) is 0 Å². The normalized spacial score (nSPS) is 11.0. The molecule has 0 spiro atoms. The lowest BCUT2D eigenvalue weighted by molar-refractivity contribution is -0.702. The topological polar surface area (TPSA) is 19.7 Å². The van der Waals surface area contributed by atoms with E-state index in [-0.39, 0.29) is 0 Å². The van der Waals surface area contributed by atoms with E-state index in [0.717, 1.165) is 12.5 Å². The molecule has 0 bridgehead atoms. The summed E-state index contributed by atoms with van der Waals surface area (Å²) in [5.74, 6) is 2.07. The minimum Gasteiger partial charge on any atom is -0.248 e. The number of H-pyrrole nitrogens is 1. The zero-order chi connectivity index (χ0) is 8.97. The van der Waals surface area contributed by atoms with E-state index in [1.54, 1.807) is 0 Å². The summed E-state index contributed by atoms with van der Waals surface area (Å²) in [6.07, 6.45) is 6.69. The van der Waals surface area contributed by atoms with Crippen LogP contribution in [0, 0.1) is 12.8 Å². The zero-order valence-corrected chi connectivity index (χ0v) is 8.30. The summed E-state index contributed by atoms with van der Waals surface area (Å²) >= 11 is 0. The van der Waals surface area contributed by atoms with E-state index >= 15 is 0 Å². The number of hydrogen-bond donors (Lipinski definition) is 1. The van der Waals surface area contributed by atoms with Crippen molar-refractivity contribution in [2.24, 2.45) is 5.92 Å². The van der Waals surface area contributed by atoms with E-state index < -0.39 is 0 Å². The van der Waals surface area contributed by atoms with Crippen molar-refractivity contribution in [1.29, 1.82) is 0 Å². The monoisotopic (exact) mass is 167 g/mol. The Balaban J connectivity index is 2.29. The highest BCUT2D eigenvalue weighted by Gasteiger charge is 2.03. The van der Waals surface area contributed by atoms with Crippen molar-refractivity contribution < 1.29 is 4.57 Å². The van der Waals surface area contributed by atoms with Gasteiger partial charge in [-0.1, -0.05) is 13.8 Å². The summed E-state index contributed by atoms with van der Waals surface area (Å²) < 4.78 is 2.27. The molecule has 0 fully saturated rings. The average molecular weight is 167 g/mol. The van der Waals surface area contributed by atoms with Crippen molar-refractivity contribution in [3.8, 4) is 0 Å². The first-order chi connectivity index (χ1) is 5.70. The Labute approximate surface area is 74.6 Å². The molecule has 0 saturated heterocycles. The summed E-state index contributed by atoms with van der Waals surface area (Å²) in [6.45, 7) is 7.80. The Kier molecular flexibility index (Phi) is 3.32. The van der Waals surface area contributed by atoms with Crippen LogP contribution in [0.4, 0.5) is 0 Å². The summed E-state index contributed by atoms with van der Waals surface area (Å²) in [4.78, 5) is 3.17. The highest BCUT2D eigenvalue weighted by molar-refractivity contribution is 4.70. The maximum absolute atomic E-state index is 3.17. The molecule has 68 valence electrons. The largest absolute Gasteiger partial charge is 0.251 e. The lowest BCUT2D eigenvalue weighted by Crippen LogP contribution is -2.34. The van der Waals surface area contributed by atoms with E-state index in [1.165, 1.54) is 18.7 Å². The van der Waals surface area contributed by atoms with Gasteiger partial charge in [-0.2, -0.15) is 0 Å². The van der Waals surface area contributed by atoms with Crippen LogP contribution in [0.25, 0.3) is 0 Å². The fourth-order valence-electron chi connectivity index (χ4n) is 1.35. The standard InChI is InChI=1S/C10H18N2/c1-9(2)5-4-7-12-8-6-11-10(12)3/h6,8-9H,4-5,7H2,1-3H3/p+1. The van der Waals surface area contributed by atoms with Gasteiger partial charge in [-0.05, 0) is 18.8 Å². The second kappa shape index (κ2) is 4.29. The van der Waals surface area contributed by atoms with Gasteiger partial charge in [0.1, 0.15) is 12.4 Å². The van der Waals surface area contributed by atoms with Gasteiger partial charge in [-0.15, -0.1) is 0 Å². The van der Waals surface area contributed by atoms with Crippen molar-refractivity contribution in [3.63, 3.8) is 0 Å². The summed E-state index contributed by atoms with van der Waals surface area (Å²) in [6, 6.07) is 0. The van der Waals surface area contributed by atoms with E-state index in [9.17, 15) is 0 Å². The summed E-state index contributed by atoms with van der Waals surface area (Å²) in [7, 11) is 0. The maximum Gasteiger partial charge on any atom is 0.251 e. The van der Waals surface area contributed by atoms with Gasteiger partial charge in [-0.25, -0.2) is 9.55 Å². The molecule has 0 aliphatic heterocycles. The quantitative estimate of drug-likeness (QED) is 0.662. The van der Waals surface area contributed by atoms with Crippen molar-refractivity contribution in [3.05, 3.63) is 18.2 Å². The summed E-state index contributed by atoms with van der Waals surface area (Å²) in [5.41, 5.74) is 0. The van der Waals surface area contributed by atoms with Crippen LogP contribution in [-0.2, 0) is 6.54 Å². The van der Waals surface area contributed by atoms with Gasteiger partial charge in [0.25, 0.3) is 5.82 Å². The SMILES string of the molecule is Cc1[nH]cc[n+]1CCCC(C)C. The molecule has 0 saturated carbocycles. The van der Waals surface area contributed by atoms with E-state index in [4.69, 9.17) is 0 Å². The maximum atomic E-state index is 3.17. The Hall–Kier alpha value is -0.790. The van der Waals surface area contributed by atoms with E-state index in [1.807, 2.05) is 6.20 Å². The molecule has 12 heavy (non-hydrogen) atoms. The summed E-state index contributed by atoms with van der Waals surface area (Å²) in [5, 5.41) is 0. The molecule has 0 radical (unpaired) electrons. The molecule has 0 atom stereocenters. The van der Waals surface area contributed by atoms with Gasteiger partial charge in [0, 0.05) is 6.92 Å². The molecule has 1 N–H and O–H groups in total. The van der Waals surface area contributed by atoms with Crippen molar-refractivity contribution >= 4 is 0 Å². The van der Waals surface area contributed by atoms with Crippen LogP contribution in [0.3, 0.4) is 0 Å². The van der Waals surface area contributed by atoms with Gasteiger partial charge >= 0.3 is 0 Å². The smallest absolute Gasteiger partial charge is 0.248 e. The lowest BCUT2D eigenvalue weighted by Gasteiger charge is -2.02. The van der Waals surface area contributed by atoms with Crippen molar-refractivity contribution in [2.45, 2.75) is 40.2 Å². The second-order valence-corrected chi connectivity index (χ2v) is 3.77. The lowest BCUT2D eigenvalue weighted by atomic mass is 10.1. The van der Waals surface area contributed by atoms with Gasteiger partial charge in [0.05, 0.1) is 6.54 Å². The molecular weight excluding hydrogens is 148 g/mol. The molecule has 1 heterocycles. The predicted molar refractivity (Wildman–Crippen MR) is 49.8 cm³/mol. The van der Waals surface area contributed by atoms with Crippen molar-refractivity contribution in [1.82, 2.24) is 4.98 Å². The van der Waals surface area contributed by atoms with Crippen LogP contribution < -0.4 is 4.57 Å². The third kappa shape index (κ3) is 2.68. The number of nitrogens with one attached hydrogen (secondary N) is 1. The first-order valence-corrected chi connectivity index (χ1v) is 4.73. The van der Waals surface area contributed by atoms with Crippen molar-refractivity contribution in [2.75, 3.05) is 0 Å². The average Bonchev–Trinajstić information content (AvgIpc) is 2.36. The molecule has 0 amide bonds. The minimum atomic E-state index is 0.824.